The van der Waals surface area contributed by atoms with Gasteiger partial charge in [0.05, 0.1) is 18.2 Å². The first-order chi connectivity index (χ1) is 7.67. The average Bonchev–Trinajstić information content (AvgIpc) is 2.28. The molecule has 0 amide bonds. The van der Waals surface area contributed by atoms with Gasteiger partial charge in [-0.15, -0.1) is 0 Å². The zero-order valence-corrected chi connectivity index (χ0v) is 8.80. The molecular formula is C12H11NO3. The normalized spacial score (nSPS) is 10.9. The lowest BCUT2D eigenvalue weighted by Crippen LogP contribution is -1.99. The van der Waals surface area contributed by atoms with Crippen molar-refractivity contribution in [2.45, 2.75) is 0 Å². The van der Waals surface area contributed by atoms with Gasteiger partial charge in [-0.05, 0) is 23.3 Å². The van der Waals surface area contributed by atoms with E-state index >= 15 is 0 Å². The van der Waals surface area contributed by atoms with Crippen LogP contribution in [0.15, 0.2) is 30.3 Å². The minimum atomic E-state index is -1.03. The lowest BCUT2D eigenvalue weighted by Gasteiger charge is -2.05. The Hall–Kier alpha value is -2.12. The second-order valence-electron chi connectivity index (χ2n) is 3.13. The summed E-state index contributed by atoms with van der Waals surface area (Å²) in [5.74, 6) is -1.03. The topological polar surface area (TPSA) is 70.3 Å². The molecule has 0 aliphatic heterocycles. The van der Waals surface area contributed by atoms with Gasteiger partial charge in [0, 0.05) is 13.2 Å². The molecule has 0 spiro atoms. The summed E-state index contributed by atoms with van der Waals surface area (Å²) in [6.07, 6.45) is 1.08. The highest BCUT2D eigenvalue weighted by molar-refractivity contribution is 5.90. The number of nitriles is 1. The number of aliphatic carboxylic acids is 1. The summed E-state index contributed by atoms with van der Waals surface area (Å²) in [4.78, 5) is 10.6. The van der Waals surface area contributed by atoms with E-state index in [2.05, 4.69) is 0 Å². The Bertz CT molecular complexity index is 458. The summed E-state index contributed by atoms with van der Waals surface area (Å²) in [5.41, 5.74) is 1.71. The highest BCUT2D eigenvalue weighted by Gasteiger charge is 2.04. The molecule has 0 radical (unpaired) electrons. The summed E-state index contributed by atoms with van der Waals surface area (Å²) in [6.45, 7) is 0.196. The maximum absolute atomic E-state index is 10.6. The molecule has 0 saturated heterocycles. The van der Waals surface area contributed by atoms with Crippen LogP contribution in [0.1, 0.15) is 11.1 Å². The van der Waals surface area contributed by atoms with Crippen LogP contribution in [-0.2, 0) is 9.53 Å². The second-order valence-corrected chi connectivity index (χ2v) is 3.13. The molecule has 0 aromatic heterocycles. The van der Waals surface area contributed by atoms with Crippen LogP contribution < -0.4 is 0 Å². The molecule has 0 fully saturated rings. The van der Waals surface area contributed by atoms with Crippen LogP contribution in [0.2, 0.25) is 0 Å². The molecule has 1 aromatic rings. The van der Waals surface area contributed by atoms with Gasteiger partial charge in [0.2, 0.25) is 0 Å². The number of carboxylic acids is 1. The van der Waals surface area contributed by atoms with E-state index in [1.165, 1.54) is 7.11 Å². The van der Waals surface area contributed by atoms with E-state index in [0.717, 1.165) is 6.08 Å². The first-order valence-electron chi connectivity index (χ1n) is 4.60. The van der Waals surface area contributed by atoms with Crippen molar-refractivity contribution in [3.05, 3.63) is 41.5 Å². The summed E-state index contributed by atoms with van der Waals surface area (Å²) in [7, 11) is 1.49. The smallest absolute Gasteiger partial charge is 0.328 e. The Kier molecular flexibility index (Phi) is 4.25. The second kappa shape index (κ2) is 5.69. The molecule has 4 nitrogen and oxygen atoms in total. The van der Waals surface area contributed by atoms with Gasteiger partial charge in [0.1, 0.15) is 0 Å². The molecule has 0 bridgehead atoms. The zero-order chi connectivity index (χ0) is 12.0. The fourth-order valence-corrected chi connectivity index (χ4v) is 1.30. The van der Waals surface area contributed by atoms with E-state index in [4.69, 9.17) is 15.1 Å². The predicted octanol–water partition coefficient (Wildman–Crippen LogP) is 1.67. The van der Waals surface area contributed by atoms with Crippen LogP contribution in [0, 0.1) is 11.3 Å². The third-order valence-electron chi connectivity index (χ3n) is 1.96. The number of hydrogen-bond donors (Lipinski definition) is 1. The number of nitrogens with zero attached hydrogens (tertiary/aromatic N) is 1. The van der Waals surface area contributed by atoms with Crippen LogP contribution in [-0.4, -0.2) is 24.8 Å². The molecular weight excluding hydrogens is 206 g/mol. The van der Waals surface area contributed by atoms with Crippen molar-refractivity contribution >= 4 is 11.5 Å². The number of rotatable bonds is 4. The standard InChI is InChI=1S/C12H11NO3/c1-16-8-11(6-12(14)15)10-4-2-3-9(5-10)7-13/h2-6H,8H2,1H3,(H,14,15). The van der Waals surface area contributed by atoms with E-state index in [1.807, 2.05) is 6.07 Å². The van der Waals surface area contributed by atoms with Crippen molar-refractivity contribution in [3.63, 3.8) is 0 Å². The molecule has 0 saturated carbocycles. The van der Waals surface area contributed by atoms with Gasteiger partial charge >= 0.3 is 5.97 Å². The quantitative estimate of drug-likeness (QED) is 0.779. The molecule has 0 aliphatic rings. The molecule has 0 atom stereocenters. The maximum Gasteiger partial charge on any atom is 0.328 e. The molecule has 4 heteroatoms. The van der Waals surface area contributed by atoms with Crippen molar-refractivity contribution in [3.8, 4) is 6.07 Å². The lowest BCUT2D eigenvalue weighted by molar-refractivity contribution is -0.131. The number of methoxy groups -OCH3 is 1. The van der Waals surface area contributed by atoms with Gasteiger partial charge in [0.25, 0.3) is 0 Å². The summed E-state index contributed by atoms with van der Waals surface area (Å²) < 4.78 is 4.92. The Balaban J connectivity index is 3.11. The number of benzene rings is 1. The van der Waals surface area contributed by atoms with E-state index < -0.39 is 5.97 Å². The maximum atomic E-state index is 10.6. The molecule has 0 unspecified atom stereocenters. The number of ether oxygens (including phenoxy) is 1. The first kappa shape index (κ1) is 12.0. The van der Waals surface area contributed by atoms with Crippen LogP contribution in [0.25, 0.3) is 5.57 Å². The third-order valence-corrected chi connectivity index (χ3v) is 1.96. The fourth-order valence-electron chi connectivity index (χ4n) is 1.30. The van der Waals surface area contributed by atoms with Crippen molar-refractivity contribution in [1.29, 1.82) is 5.26 Å². The van der Waals surface area contributed by atoms with Crippen LogP contribution in [0.3, 0.4) is 0 Å². The SMILES string of the molecule is COCC(=CC(=O)O)c1cccc(C#N)c1. The van der Waals surface area contributed by atoms with Crippen molar-refractivity contribution in [2.75, 3.05) is 13.7 Å². The molecule has 16 heavy (non-hydrogen) atoms. The third kappa shape index (κ3) is 3.23. The minimum Gasteiger partial charge on any atom is -0.478 e. The lowest BCUT2D eigenvalue weighted by atomic mass is 10.0. The van der Waals surface area contributed by atoms with E-state index in [0.29, 0.717) is 16.7 Å². The van der Waals surface area contributed by atoms with Gasteiger partial charge in [-0.1, -0.05) is 12.1 Å². The van der Waals surface area contributed by atoms with E-state index in [1.54, 1.807) is 24.3 Å². The molecule has 0 heterocycles. The van der Waals surface area contributed by atoms with Gasteiger partial charge < -0.3 is 9.84 Å². The highest BCUT2D eigenvalue weighted by atomic mass is 16.5. The Labute approximate surface area is 93.4 Å². The monoisotopic (exact) mass is 217 g/mol. The van der Waals surface area contributed by atoms with Crippen LogP contribution in [0.5, 0.6) is 0 Å². The predicted molar refractivity (Wildman–Crippen MR) is 58.6 cm³/mol. The van der Waals surface area contributed by atoms with Gasteiger partial charge in [-0.3, -0.25) is 0 Å². The molecule has 1 aromatic carbocycles. The Morgan fingerprint density at radius 3 is 2.94 bits per heavy atom. The van der Waals surface area contributed by atoms with Crippen molar-refractivity contribution in [2.24, 2.45) is 0 Å². The Morgan fingerprint density at radius 1 is 1.62 bits per heavy atom. The van der Waals surface area contributed by atoms with Gasteiger partial charge in [-0.25, -0.2) is 4.79 Å². The molecule has 1 rings (SSSR count). The van der Waals surface area contributed by atoms with E-state index in [9.17, 15) is 4.79 Å². The first-order valence-corrected chi connectivity index (χ1v) is 4.60. The summed E-state index contributed by atoms with van der Waals surface area (Å²) in [6, 6.07) is 8.75. The summed E-state index contributed by atoms with van der Waals surface area (Å²) >= 11 is 0. The number of carbonyl (C=O) groups is 1. The average molecular weight is 217 g/mol. The molecule has 0 aliphatic carbocycles. The van der Waals surface area contributed by atoms with Gasteiger partial charge in [0.15, 0.2) is 0 Å². The Morgan fingerprint density at radius 2 is 2.38 bits per heavy atom. The van der Waals surface area contributed by atoms with Crippen molar-refractivity contribution < 1.29 is 14.6 Å². The zero-order valence-electron chi connectivity index (χ0n) is 8.80. The fraction of sp³-hybridized carbons (Fsp3) is 0.167. The van der Waals surface area contributed by atoms with Crippen LogP contribution >= 0.6 is 0 Å². The highest BCUT2D eigenvalue weighted by Crippen LogP contribution is 2.16. The summed E-state index contributed by atoms with van der Waals surface area (Å²) in [5, 5.41) is 17.4. The minimum absolute atomic E-state index is 0.196. The van der Waals surface area contributed by atoms with Crippen molar-refractivity contribution in [1.82, 2.24) is 0 Å². The number of hydrogen-bond acceptors (Lipinski definition) is 3. The number of carboxylic acid groups (broad SMARTS) is 1. The molecule has 82 valence electrons. The van der Waals surface area contributed by atoms with E-state index in [-0.39, 0.29) is 6.61 Å². The van der Waals surface area contributed by atoms with Crippen LogP contribution in [0.4, 0.5) is 0 Å². The van der Waals surface area contributed by atoms with Gasteiger partial charge in [-0.2, -0.15) is 5.26 Å². The largest absolute Gasteiger partial charge is 0.478 e. The molecule has 1 N–H and O–H groups in total.